The van der Waals surface area contributed by atoms with Crippen LogP contribution in [-0.4, -0.2) is 9.52 Å². The summed E-state index contributed by atoms with van der Waals surface area (Å²) in [6, 6.07) is 35.9. The van der Waals surface area contributed by atoms with Crippen molar-refractivity contribution < 1.29 is 20.8 Å². The van der Waals surface area contributed by atoms with Crippen molar-refractivity contribution in [2.24, 2.45) is 0 Å². The smallest absolute Gasteiger partial charge is 0.0619 e. The summed E-state index contributed by atoms with van der Waals surface area (Å²) in [5.74, 6) is 0. The van der Waals surface area contributed by atoms with Crippen molar-refractivity contribution >= 4 is 26.5 Å². The molecule has 0 amide bonds. The van der Waals surface area contributed by atoms with Gasteiger partial charge >= 0.3 is 37.9 Å². The third-order valence-electron chi connectivity index (χ3n) is 6.00. The Morgan fingerprint density at radius 1 is 0.469 bits per heavy atom. The first-order valence-corrected chi connectivity index (χ1v) is 17.4. The number of hydrogen-bond donors (Lipinski definition) is 0. The number of halogens is 2. The molecule has 2 aliphatic carbocycles. The van der Waals surface area contributed by atoms with Gasteiger partial charge < -0.3 is 14.9 Å². The van der Waals surface area contributed by atoms with E-state index in [4.69, 9.17) is 17.0 Å². The summed E-state index contributed by atoms with van der Waals surface area (Å²) in [6.07, 6.45) is 0. The second-order valence-corrected chi connectivity index (χ2v) is 12.7. The van der Waals surface area contributed by atoms with E-state index in [0.29, 0.717) is 11.1 Å². The van der Waals surface area contributed by atoms with E-state index in [0.717, 1.165) is 9.52 Å². The molecule has 0 saturated carbocycles. The van der Waals surface area contributed by atoms with Gasteiger partial charge in [0.25, 0.3) is 0 Å². The van der Waals surface area contributed by atoms with E-state index in [2.05, 4.69) is 97.1 Å². The second kappa shape index (κ2) is 11.1. The van der Waals surface area contributed by atoms with Gasteiger partial charge in [-0.05, 0) is 44.5 Å². The minimum atomic E-state index is -0.826. The predicted octanol–water partition coefficient (Wildman–Crippen LogP) is 8.51. The van der Waals surface area contributed by atoms with Crippen molar-refractivity contribution in [3.63, 3.8) is 0 Å². The molecule has 0 spiro atoms. The number of hydrogen-bond acceptors (Lipinski definition) is 0. The van der Waals surface area contributed by atoms with Crippen LogP contribution in [-0.2, 0) is 20.8 Å². The van der Waals surface area contributed by atoms with Crippen LogP contribution in [0.2, 0.25) is 0 Å². The van der Waals surface area contributed by atoms with Crippen LogP contribution < -0.4 is 0 Å². The molecule has 0 heterocycles. The minimum absolute atomic E-state index is 0. The maximum absolute atomic E-state index is 4.93. The minimum Gasteiger partial charge on any atom is -0.0619 e. The van der Waals surface area contributed by atoms with Gasteiger partial charge in [-0.3, -0.25) is 0 Å². The monoisotopic (exact) mass is 548 g/mol. The van der Waals surface area contributed by atoms with Gasteiger partial charge in [0.1, 0.15) is 0 Å². The van der Waals surface area contributed by atoms with E-state index >= 15 is 0 Å². The second-order valence-electron chi connectivity index (χ2n) is 7.45. The Kier molecular flexibility index (Phi) is 8.75. The molecule has 4 heteroatoms. The Hall–Kier alpha value is -1.44. The normalized spacial score (nSPS) is 12.6. The fraction of sp³-hybridized carbons (Fsp3) is 0.0714. The van der Waals surface area contributed by atoms with Crippen LogP contribution in [0.4, 0.5) is 0 Å². The van der Waals surface area contributed by atoms with Gasteiger partial charge in [0.15, 0.2) is 0 Å². The summed E-state index contributed by atoms with van der Waals surface area (Å²) < 4.78 is 0. The maximum Gasteiger partial charge on any atom is 0.0687 e. The molecule has 0 unspecified atom stereocenters. The molecule has 0 atom stereocenters. The van der Waals surface area contributed by atoms with Crippen LogP contribution in [0, 0.1) is 14.9 Å². The Labute approximate surface area is 213 Å². The zero-order chi connectivity index (χ0) is 20.5. The van der Waals surface area contributed by atoms with Crippen molar-refractivity contribution in [3.8, 4) is 22.3 Å². The average molecular weight is 551 g/mol. The zero-order valence-corrected chi connectivity index (χ0v) is 23.1. The van der Waals surface area contributed by atoms with E-state index in [1.807, 2.05) is 0 Å². The van der Waals surface area contributed by atoms with E-state index in [1.165, 1.54) is 44.5 Å². The molecule has 0 fully saturated rings. The van der Waals surface area contributed by atoms with Crippen molar-refractivity contribution in [3.05, 3.63) is 134 Å². The molecule has 0 aromatic heterocycles. The third kappa shape index (κ3) is 4.36. The van der Waals surface area contributed by atoms with Crippen molar-refractivity contribution in [2.75, 3.05) is 0 Å². The van der Waals surface area contributed by atoms with E-state index in [1.54, 1.807) is 0 Å². The molecule has 4 aromatic carbocycles. The first-order chi connectivity index (χ1) is 14.8. The van der Waals surface area contributed by atoms with Gasteiger partial charge in [-0.15, -0.1) is 0 Å². The van der Waals surface area contributed by atoms with Gasteiger partial charge in [-0.2, -0.15) is 0 Å². The van der Waals surface area contributed by atoms with Crippen LogP contribution in [0.1, 0.15) is 33.3 Å². The predicted molar refractivity (Wildman–Crippen MR) is 138 cm³/mol. The molecule has 6 rings (SSSR count). The molecule has 0 saturated heterocycles. The first kappa shape index (κ1) is 25.2. The molecular weight excluding hydrogens is 527 g/mol. The van der Waals surface area contributed by atoms with Crippen LogP contribution in [0.3, 0.4) is 0 Å². The van der Waals surface area contributed by atoms with Crippen LogP contribution in [0.15, 0.2) is 97.1 Å². The molecule has 0 aliphatic heterocycles. The van der Waals surface area contributed by atoms with E-state index in [-0.39, 0.29) is 14.9 Å². The number of benzene rings is 4. The molecule has 2 aliphatic rings. The quantitative estimate of drug-likeness (QED) is 0.173. The summed E-state index contributed by atoms with van der Waals surface area (Å²) in [6.45, 7) is 0. The van der Waals surface area contributed by atoms with E-state index < -0.39 is 20.8 Å². The molecule has 0 bridgehead atoms. The Bertz CT molecular complexity index is 1020. The molecule has 2 radical (unpaired) electrons. The topological polar surface area (TPSA) is 0 Å². The average Bonchev–Trinajstić information content (AvgIpc) is 3.29. The Morgan fingerprint density at radius 3 is 0.938 bits per heavy atom. The summed E-state index contributed by atoms with van der Waals surface area (Å²) in [5.41, 5.74) is 12.7. The third-order valence-corrected chi connectivity index (χ3v) is 7.91. The van der Waals surface area contributed by atoms with Gasteiger partial charge in [-0.1, -0.05) is 97.1 Å². The molecule has 0 nitrogen and oxygen atoms in total. The molecule has 0 N–H and O–H groups in total. The van der Waals surface area contributed by atoms with Crippen molar-refractivity contribution in [1.29, 1.82) is 0 Å². The summed E-state index contributed by atoms with van der Waals surface area (Å²) in [5, 5.41) is 0. The SMILES string of the molecule is [CH3-].[CH3-].[Cl][Zr+2][Cl].c1ccc2c(c1)-c1ccccc1C2[Si]C1c2ccccc2-c2ccccc21. The summed E-state index contributed by atoms with van der Waals surface area (Å²) in [7, 11) is 10.7. The number of fused-ring (bicyclic) bond motifs is 6. The van der Waals surface area contributed by atoms with Crippen molar-refractivity contribution in [1.82, 2.24) is 0 Å². The van der Waals surface area contributed by atoms with Crippen LogP contribution >= 0.6 is 17.0 Å². The maximum atomic E-state index is 4.93. The van der Waals surface area contributed by atoms with Gasteiger partial charge in [0.2, 0.25) is 0 Å². The largest absolute Gasteiger partial charge is 0.0687 e. The standard InChI is InChI=1S/C26H18Si.2CH3.2ClH.Zr/c1-5-13-21-17(9-1)18-10-2-6-14-22(18)25(21)27-26-23-15-7-3-11-19(23)20-12-4-8-16-24(20)26;;;;;/h1-16,25-26H;2*1H3;2*1H;/q;2*-1;;;+4/p-2. The first-order valence-electron chi connectivity index (χ1n) is 9.92. The van der Waals surface area contributed by atoms with Gasteiger partial charge in [0.05, 0.1) is 9.52 Å². The van der Waals surface area contributed by atoms with Crippen molar-refractivity contribution in [2.45, 2.75) is 11.1 Å². The fourth-order valence-corrected chi connectivity index (χ4v) is 6.90. The molecular formula is C28H24Cl2SiZr. The Morgan fingerprint density at radius 2 is 0.688 bits per heavy atom. The van der Waals surface area contributed by atoms with Crippen LogP contribution in [0.5, 0.6) is 0 Å². The molecule has 158 valence electrons. The molecule has 4 aromatic rings. The summed E-state index contributed by atoms with van der Waals surface area (Å²) in [4.78, 5) is 0. The van der Waals surface area contributed by atoms with Gasteiger partial charge in [0, 0.05) is 11.1 Å². The van der Waals surface area contributed by atoms with Crippen LogP contribution in [0.25, 0.3) is 22.3 Å². The number of rotatable bonds is 2. The van der Waals surface area contributed by atoms with Gasteiger partial charge in [-0.25, -0.2) is 0 Å². The van der Waals surface area contributed by atoms with E-state index in [9.17, 15) is 0 Å². The molecule has 32 heavy (non-hydrogen) atoms. The summed E-state index contributed by atoms with van der Waals surface area (Å²) >= 11 is -0.826. The fourth-order valence-electron chi connectivity index (χ4n) is 4.84. The Balaban J connectivity index is 0.000000550. The zero-order valence-electron chi connectivity index (χ0n) is 18.1.